The van der Waals surface area contributed by atoms with Crippen molar-refractivity contribution in [3.05, 3.63) is 11.7 Å². The van der Waals surface area contributed by atoms with Gasteiger partial charge in [0.05, 0.1) is 12.0 Å². The van der Waals surface area contributed by atoms with E-state index in [-0.39, 0.29) is 30.7 Å². The molecule has 1 aliphatic carbocycles. The fraction of sp³-hybridized carbons (Fsp3) is 0.846. The van der Waals surface area contributed by atoms with Gasteiger partial charge in [-0.2, -0.15) is 18.2 Å². The standard InChI is InChI=1S/C13H20F3N3O/c1-7(2)10(17)11-18-12(20-19-11)8-4-3-5-9(6-8)13(14,15)16/h7-10H,3-6,17H2,1-2H3. The van der Waals surface area contributed by atoms with E-state index in [9.17, 15) is 13.2 Å². The smallest absolute Gasteiger partial charge is 0.339 e. The molecule has 0 amide bonds. The first-order valence-corrected chi connectivity index (χ1v) is 6.94. The van der Waals surface area contributed by atoms with Crippen molar-refractivity contribution in [3.8, 4) is 0 Å². The first-order chi connectivity index (χ1) is 9.29. The van der Waals surface area contributed by atoms with Gasteiger partial charge in [-0.15, -0.1) is 0 Å². The van der Waals surface area contributed by atoms with Crippen LogP contribution in [0.5, 0.6) is 0 Å². The summed E-state index contributed by atoms with van der Waals surface area (Å²) < 4.78 is 43.5. The molecule has 0 radical (unpaired) electrons. The molecule has 0 spiro atoms. The lowest BCUT2D eigenvalue weighted by Crippen LogP contribution is -2.28. The van der Waals surface area contributed by atoms with Crippen LogP contribution in [0.2, 0.25) is 0 Å². The second kappa shape index (κ2) is 5.71. The third-order valence-corrected chi connectivity index (χ3v) is 3.96. The Balaban J connectivity index is 2.08. The molecule has 1 fully saturated rings. The topological polar surface area (TPSA) is 64.9 Å². The summed E-state index contributed by atoms with van der Waals surface area (Å²) in [5, 5.41) is 3.81. The molecule has 0 bridgehead atoms. The van der Waals surface area contributed by atoms with Crippen molar-refractivity contribution in [2.24, 2.45) is 17.6 Å². The summed E-state index contributed by atoms with van der Waals surface area (Å²) in [5.74, 6) is -0.754. The van der Waals surface area contributed by atoms with Crippen LogP contribution in [0.1, 0.15) is 63.2 Å². The van der Waals surface area contributed by atoms with E-state index in [0.29, 0.717) is 24.6 Å². The first-order valence-electron chi connectivity index (χ1n) is 6.94. The Morgan fingerprint density at radius 1 is 1.30 bits per heavy atom. The number of alkyl halides is 3. The summed E-state index contributed by atoms with van der Waals surface area (Å²) in [5.41, 5.74) is 5.91. The number of hydrogen-bond acceptors (Lipinski definition) is 4. The van der Waals surface area contributed by atoms with E-state index < -0.39 is 12.1 Å². The zero-order chi connectivity index (χ0) is 14.9. The van der Waals surface area contributed by atoms with Crippen molar-refractivity contribution in [1.82, 2.24) is 10.1 Å². The first kappa shape index (κ1) is 15.3. The van der Waals surface area contributed by atoms with Gasteiger partial charge in [0.25, 0.3) is 0 Å². The van der Waals surface area contributed by atoms with Crippen LogP contribution in [0.25, 0.3) is 0 Å². The zero-order valence-electron chi connectivity index (χ0n) is 11.7. The molecule has 1 heterocycles. The third kappa shape index (κ3) is 3.31. The average molecular weight is 291 g/mol. The van der Waals surface area contributed by atoms with E-state index in [0.717, 1.165) is 0 Å². The van der Waals surface area contributed by atoms with E-state index in [1.165, 1.54) is 0 Å². The number of nitrogens with zero attached hydrogens (tertiary/aromatic N) is 2. The maximum absolute atomic E-state index is 12.8. The third-order valence-electron chi connectivity index (χ3n) is 3.96. The lowest BCUT2D eigenvalue weighted by molar-refractivity contribution is -0.183. The predicted molar refractivity (Wildman–Crippen MR) is 66.8 cm³/mol. The van der Waals surface area contributed by atoms with E-state index in [4.69, 9.17) is 10.3 Å². The number of halogens is 3. The highest BCUT2D eigenvalue weighted by Crippen LogP contribution is 2.43. The normalized spacial score (nSPS) is 25.9. The molecule has 1 saturated carbocycles. The van der Waals surface area contributed by atoms with Gasteiger partial charge < -0.3 is 10.3 Å². The van der Waals surface area contributed by atoms with E-state index in [1.54, 1.807) is 0 Å². The second-order valence-electron chi connectivity index (χ2n) is 5.86. The van der Waals surface area contributed by atoms with Crippen LogP contribution >= 0.6 is 0 Å². The SMILES string of the molecule is CC(C)C(N)c1noc(C2CCCC(C(F)(F)F)C2)n1. The Kier molecular flexibility index (Phi) is 4.36. The second-order valence-corrected chi connectivity index (χ2v) is 5.86. The van der Waals surface area contributed by atoms with Crippen LogP contribution in [-0.4, -0.2) is 16.3 Å². The van der Waals surface area contributed by atoms with Gasteiger partial charge in [0.2, 0.25) is 5.89 Å². The minimum atomic E-state index is -4.14. The molecular formula is C13H20F3N3O. The molecule has 2 rings (SSSR count). The van der Waals surface area contributed by atoms with Crippen LogP contribution in [0, 0.1) is 11.8 Å². The Hall–Kier alpha value is -1.11. The predicted octanol–water partition coefficient (Wildman–Crippen LogP) is 3.56. The lowest BCUT2D eigenvalue weighted by atomic mass is 9.81. The van der Waals surface area contributed by atoms with E-state index in [2.05, 4.69) is 10.1 Å². The van der Waals surface area contributed by atoms with Crippen molar-refractivity contribution in [2.45, 2.75) is 57.7 Å². The molecule has 0 saturated heterocycles. The Labute approximate surface area is 115 Å². The maximum Gasteiger partial charge on any atom is 0.391 e. The largest absolute Gasteiger partial charge is 0.391 e. The Morgan fingerprint density at radius 2 is 2.00 bits per heavy atom. The molecule has 1 aromatic heterocycles. The van der Waals surface area contributed by atoms with Crippen molar-refractivity contribution >= 4 is 0 Å². The van der Waals surface area contributed by atoms with Gasteiger partial charge in [-0.25, -0.2) is 0 Å². The van der Waals surface area contributed by atoms with Crippen molar-refractivity contribution in [3.63, 3.8) is 0 Å². The minimum absolute atomic E-state index is 0.0298. The molecule has 20 heavy (non-hydrogen) atoms. The maximum atomic E-state index is 12.8. The molecule has 2 N–H and O–H groups in total. The summed E-state index contributed by atoms with van der Waals surface area (Å²) in [4.78, 5) is 4.20. The number of rotatable bonds is 3. The minimum Gasteiger partial charge on any atom is -0.339 e. The Morgan fingerprint density at radius 3 is 2.60 bits per heavy atom. The lowest BCUT2D eigenvalue weighted by Gasteiger charge is -2.28. The molecule has 3 atom stereocenters. The summed E-state index contributed by atoms with van der Waals surface area (Å²) in [6, 6.07) is -0.352. The quantitative estimate of drug-likeness (QED) is 0.924. The highest BCUT2D eigenvalue weighted by Gasteiger charge is 2.43. The van der Waals surface area contributed by atoms with Crippen LogP contribution in [-0.2, 0) is 0 Å². The van der Waals surface area contributed by atoms with Crippen molar-refractivity contribution in [1.29, 1.82) is 0 Å². The summed E-state index contributed by atoms with van der Waals surface area (Å²) in [7, 11) is 0. The van der Waals surface area contributed by atoms with Crippen molar-refractivity contribution < 1.29 is 17.7 Å². The van der Waals surface area contributed by atoms with Crippen molar-refractivity contribution in [2.75, 3.05) is 0 Å². The van der Waals surface area contributed by atoms with Gasteiger partial charge >= 0.3 is 6.18 Å². The molecule has 1 aromatic rings. The van der Waals surface area contributed by atoms with Crippen LogP contribution in [0.15, 0.2) is 4.52 Å². The molecule has 4 nitrogen and oxygen atoms in total. The number of hydrogen-bond donors (Lipinski definition) is 1. The summed E-state index contributed by atoms with van der Waals surface area (Å²) in [6.07, 6.45) is -2.74. The fourth-order valence-electron chi connectivity index (χ4n) is 2.56. The van der Waals surface area contributed by atoms with Crippen LogP contribution in [0.3, 0.4) is 0 Å². The number of aromatic nitrogens is 2. The fourth-order valence-corrected chi connectivity index (χ4v) is 2.56. The van der Waals surface area contributed by atoms with E-state index >= 15 is 0 Å². The van der Waals surface area contributed by atoms with Gasteiger partial charge in [-0.3, -0.25) is 0 Å². The van der Waals surface area contributed by atoms with Gasteiger partial charge in [-0.05, 0) is 25.2 Å². The summed E-state index contributed by atoms with van der Waals surface area (Å²) >= 11 is 0. The average Bonchev–Trinajstić information content (AvgIpc) is 2.86. The Bertz CT molecular complexity index is 444. The zero-order valence-corrected chi connectivity index (χ0v) is 11.7. The summed E-state index contributed by atoms with van der Waals surface area (Å²) in [6.45, 7) is 3.86. The highest BCUT2D eigenvalue weighted by molar-refractivity contribution is 5.00. The molecule has 0 aromatic carbocycles. The van der Waals surface area contributed by atoms with Crippen LogP contribution in [0.4, 0.5) is 13.2 Å². The monoisotopic (exact) mass is 291 g/mol. The van der Waals surface area contributed by atoms with Gasteiger partial charge in [0, 0.05) is 5.92 Å². The molecule has 114 valence electrons. The van der Waals surface area contributed by atoms with Gasteiger partial charge in [0.1, 0.15) is 0 Å². The highest BCUT2D eigenvalue weighted by atomic mass is 19.4. The number of nitrogens with two attached hydrogens (primary N) is 1. The molecule has 1 aliphatic rings. The molecular weight excluding hydrogens is 271 g/mol. The molecule has 0 aliphatic heterocycles. The molecule has 7 heteroatoms. The van der Waals surface area contributed by atoms with Gasteiger partial charge in [0.15, 0.2) is 5.82 Å². The van der Waals surface area contributed by atoms with E-state index in [1.807, 2.05) is 13.8 Å². The molecule has 3 unspecified atom stereocenters. The van der Waals surface area contributed by atoms with Gasteiger partial charge in [-0.1, -0.05) is 25.4 Å². The van der Waals surface area contributed by atoms with Crippen LogP contribution < -0.4 is 5.73 Å².